The summed E-state index contributed by atoms with van der Waals surface area (Å²) >= 11 is 0. The zero-order valence-corrected chi connectivity index (χ0v) is 15.5. The Hall–Kier alpha value is -2.89. The smallest absolute Gasteiger partial charge is 0.303 e. The zero-order chi connectivity index (χ0) is 18.7. The van der Waals surface area contributed by atoms with Gasteiger partial charge in [0, 0.05) is 25.3 Å². The van der Waals surface area contributed by atoms with E-state index in [9.17, 15) is 4.79 Å². The van der Waals surface area contributed by atoms with Crippen molar-refractivity contribution in [1.29, 1.82) is 0 Å². The Balaban J connectivity index is 1.84. The highest BCUT2D eigenvalue weighted by molar-refractivity contribution is 5.77. The number of carbonyl (C=O) groups excluding carboxylic acids is 1. The van der Waals surface area contributed by atoms with Gasteiger partial charge in [-0.1, -0.05) is 13.0 Å². The van der Waals surface area contributed by atoms with Gasteiger partial charge in [-0.25, -0.2) is 9.97 Å². The van der Waals surface area contributed by atoms with E-state index in [4.69, 9.17) is 9.47 Å². The van der Waals surface area contributed by atoms with Crippen LogP contribution in [-0.4, -0.2) is 26.1 Å². The third-order valence-corrected chi connectivity index (χ3v) is 3.99. The maximum absolute atomic E-state index is 11.3. The molecule has 0 unspecified atom stereocenters. The van der Waals surface area contributed by atoms with Gasteiger partial charge in [0.15, 0.2) is 0 Å². The number of benzene rings is 1. The van der Waals surface area contributed by atoms with Crippen LogP contribution in [0.25, 0.3) is 11.0 Å². The fourth-order valence-electron chi connectivity index (χ4n) is 2.86. The average Bonchev–Trinajstić information content (AvgIpc) is 2.96. The van der Waals surface area contributed by atoms with E-state index in [1.165, 1.54) is 12.5 Å². The lowest BCUT2D eigenvalue weighted by Gasteiger charge is -2.25. The highest BCUT2D eigenvalue weighted by atomic mass is 16.6. The number of rotatable bonds is 6. The summed E-state index contributed by atoms with van der Waals surface area (Å²) in [5.74, 6) is 0.930. The van der Waals surface area contributed by atoms with Crippen molar-refractivity contribution in [3.63, 3.8) is 0 Å². The van der Waals surface area contributed by atoms with Gasteiger partial charge in [0.05, 0.1) is 23.9 Å². The molecule has 0 aliphatic rings. The lowest BCUT2D eigenvalue weighted by molar-refractivity contribution is -0.154. The van der Waals surface area contributed by atoms with Crippen LogP contribution in [0.2, 0.25) is 0 Å². The van der Waals surface area contributed by atoms with Crippen LogP contribution in [0.5, 0.6) is 11.6 Å². The molecule has 6 nitrogen and oxygen atoms in total. The first-order chi connectivity index (χ1) is 12.4. The standard InChI is InChI=1S/C20H23N3O3/c1-5-15-6-9-19(21-11-15)25-16-7-8-17-18(10-16)23(13-22-17)12-20(3,4)26-14(2)24/h6-11,13H,5,12H2,1-4H3. The Bertz CT molecular complexity index is 914. The van der Waals surface area contributed by atoms with E-state index in [-0.39, 0.29) is 5.97 Å². The summed E-state index contributed by atoms with van der Waals surface area (Å²) in [4.78, 5) is 20.0. The van der Waals surface area contributed by atoms with E-state index < -0.39 is 5.60 Å². The number of aryl methyl sites for hydroxylation is 1. The number of hydrogen-bond acceptors (Lipinski definition) is 5. The summed E-state index contributed by atoms with van der Waals surface area (Å²) in [7, 11) is 0. The number of pyridine rings is 1. The molecule has 0 aliphatic heterocycles. The van der Waals surface area contributed by atoms with E-state index in [1.54, 1.807) is 6.33 Å². The predicted molar refractivity (Wildman–Crippen MR) is 99.3 cm³/mol. The van der Waals surface area contributed by atoms with Crippen molar-refractivity contribution in [2.45, 2.75) is 46.3 Å². The molecule has 0 fully saturated rings. The summed E-state index contributed by atoms with van der Waals surface area (Å²) in [6.45, 7) is 7.75. The first-order valence-electron chi connectivity index (χ1n) is 8.63. The molecular formula is C20H23N3O3. The van der Waals surface area contributed by atoms with E-state index in [0.717, 1.165) is 17.5 Å². The maximum atomic E-state index is 11.3. The lowest BCUT2D eigenvalue weighted by atomic mass is 10.1. The van der Waals surface area contributed by atoms with Crippen LogP contribution in [0.3, 0.4) is 0 Å². The fraction of sp³-hybridized carbons (Fsp3) is 0.350. The van der Waals surface area contributed by atoms with E-state index in [2.05, 4.69) is 16.9 Å². The topological polar surface area (TPSA) is 66.2 Å². The fourth-order valence-corrected chi connectivity index (χ4v) is 2.86. The van der Waals surface area contributed by atoms with Crippen LogP contribution in [-0.2, 0) is 22.5 Å². The minimum Gasteiger partial charge on any atom is -0.458 e. The Morgan fingerprint density at radius 1 is 1.19 bits per heavy atom. The minimum atomic E-state index is -0.631. The monoisotopic (exact) mass is 353 g/mol. The van der Waals surface area contributed by atoms with Crippen molar-refractivity contribution in [1.82, 2.24) is 14.5 Å². The average molecular weight is 353 g/mol. The Morgan fingerprint density at radius 3 is 2.65 bits per heavy atom. The van der Waals surface area contributed by atoms with Crippen LogP contribution in [0.4, 0.5) is 0 Å². The molecule has 0 bridgehead atoms. The molecule has 2 heterocycles. The number of esters is 1. The maximum Gasteiger partial charge on any atom is 0.303 e. The van der Waals surface area contributed by atoms with Crippen LogP contribution in [0.1, 0.15) is 33.3 Å². The van der Waals surface area contributed by atoms with E-state index in [1.807, 2.05) is 54.9 Å². The van der Waals surface area contributed by atoms with Crippen molar-refractivity contribution in [3.8, 4) is 11.6 Å². The van der Waals surface area contributed by atoms with Gasteiger partial charge in [-0.05, 0) is 38.0 Å². The molecule has 0 spiro atoms. The molecule has 26 heavy (non-hydrogen) atoms. The number of hydrogen-bond donors (Lipinski definition) is 0. The van der Waals surface area contributed by atoms with Crippen molar-refractivity contribution >= 4 is 17.0 Å². The van der Waals surface area contributed by atoms with Gasteiger partial charge in [0.25, 0.3) is 0 Å². The number of imidazole rings is 1. The van der Waals surface area contributed by atoms with Crippen LogP contribution < -0.4 is 4.74 Å². The molecular weight excluding hydrogens is 330 g/mol. The third kappa shape index (κ3) is 4.20. The van der Waals surface area contributed by atoms with Crippen LogP contribution in [0.15, 0.2) is 42.9 Å². The molecule has 0 saturated carbocycles. The molecule has 0 aliphatic carbocycles. The number of carbonyl (C=O) groups is 1. The SMILES string of the molecule is CCc1ccc(Oc2ccc3ncn(CC(C)(C)OC(C)=O)c3c2)nc1. The molecule has 136 valence electrons. The molecule has 0 amide bonds. The van der Waals surface area contributed by atoms with Gasteiger partial charge < -0.3 is 14.0 Å². The molecule has 0 atom stereocenters. The summed E-state index contributed by atoms with van der Waals surface area (Å²) < 4.78 is 13.2. The normalized spacial score (nSPS) is 11.5. The lowest BCUT2D eigenvalue weighted by Crippen LogP contribution is -2.32. The second-order valence-electron chi connectivity index (χ2n) is 6.84. The summed E-state index contributed by atoms with van der Waals surface area (Å²) in [5, 5.41) is 0. The van der Waals surface area contributed by atoms with Gasteiger partial charge in [-0.15, -0.1) is 0 Å². The number of aromatic nitrogens is 3. The van der Waals surface area contributed by atoms with Crippen molar-refractivity contribution in [2.24, 2.45) is 0 Å². The largest absolute Gasteiger partial charge is 0.458 e. The Morgan fingerprint density at radius 2 is 2.00 bits per heavy atom. The third-order valence-electron chi connectivity index (χ3n) is 3.99. The Labute approximate surface area is 152 Å². The number of ether oxygens (including phenoxy) is 2. The summed E-state index contributed by atoms with van der Waals surface area (Å²) in [5.41, 5.74) is 2.30. The molecule has 6 heteroatoms. The Kier molecular flexibility index (Phi) is 4.93. The quantitative estimate of drug-likeness (QED) is 0.624. The van der Waals surface area contributed by atoms with Crippen molar-refractivity contribution < 1.29 is 14.3 Å². The van der Waals surface area contributed by atoms with Crippen LogP contribution >= 0.6 is 0 Å². The first-order valence-corrected chi connectivity index (χ1v) is 8.63. The number of nitrogens with zero attached hydrogens (tertiary/aromatic N) is 3. The summed E-state index contributed by atoms with van der Waals surface area (Å²) in [6.07, 6.45) is 4.50. The predicted octanol–water partition coefficient (Wildman–Crippen LogP) is 4.13. The highest BCUT2D eigenvalue weighted by Gasteiger charge is 2.23. The second kappa shape index (κ2) is 7.15. The molecule has 0 radical (unpaired) electrons. The molecule has 0 N–H and O–H groups in total. The molecule has 3 rings (SSSR count). The van der Waals surface area contributed by atoms with Crippen LogP contribution in [0, 0.1) is 0 Å². The minimum absolute atomic E-state index is 0.301. The van der Waals surface area contributed by atoms with Gasteiger partial charge in [0.1, 0.15) is 11.4 Å². The molecule has 3 aromatic rings. The highest BCUT2D eigenvalue weighted by Crippen LogP contribution is 2.26. The molecule has 0 saturated heterocycles. The summed E-state index contributed by atoms with van der Waals surface area (Å²) in [6, 6.07) is 9.56. The van der Waals surface area contributed by atoms with E-state index in [0.29, 0.717) is 18.2 Å². The van der Waals surface area contributed by atoms with Gasteiger partial charge in [-0.2, -0.15) is 0 Å². The van der Waals surface area contributed by atoms with Crippen molar-refractivity contribution in [2.75, 3.05) is 0 Å². The zero-order valence-electron chi connectivity index (χ0n) is 15.5. The second-order valence-corrected chi connectivity index (χ2v) is 6.84. The van der Waals surface area contributed by atoms with Crippen molar-refractivity contribution in [3.05, 3.63) is 48.4 Å². The number of fused-ring (bicyclic) bond motifs is 1. The van der Waals surface area contributed by atoms with E-state index >= 15 is 0 Å². The van der Waals surface area contributed by atoms with Gasteiger partial charge >= 0.3 is 5.97 Å². The molecule has 2 aromatic heterocycles. The first kappa shape index (κ1) is 17.9. The molecule has 1 aromatic carbocycles. The van der Waals surface area contributed by atoms with Gasteiger partial charge in [0.2, 0.25) is 5.88 Å². The van der Waals surface area contributed by atoms with Gasteiger partial charge in [-0.3, -0.25) is 4.79 Å².